The summed E-state index contributed by atoms with van der Waals surface area (Å²) in [6.07, 6.45) is 8.72. The van der Waals surface area contributed by atoms with Gasteiger partial charge in [0, 0.05) is 0 Å². The summed E-state index contributed by atoms with van der Waals surface area (Å²) < 4.78 is 23.2. The Morgan fingerprint density at radius 3 is 1.70 bits per heavy atom. The van der Waals surface area contributed by atoms with Crippen LogP contribution < -0.4 is 0 Å². The molecule has 3 aromatic carbocycles. The van der Waals surface area contributed by atoms with Crippen molar-refractivity contribution in [2.24, 2.45) is 5.92 Å². The van der Waals surface area contributed by atoms with E-state index in [1.807, 2.05) is 31.2 Å². The lowest BCUT2D eigenvalue weighted by Crippen LogP contribution is -2.36. The van der Waals surface area contributed by atoms with E-state index in [2.05, 4.69) is 31.2 Å². The van der Waals surface area contributed by atoms with Gasteiger partial charge in [0.15, 0.2) is 12.2 Å². The maximum absolute atomic E-state index is 13.0. The Bertz CT molecular complexity index is 1390. The van der Waals surface area contributed by atoms with Crippen LogP contribution in [0.25, 0.3) is 11.1 Å². The number of hydrogen-bond donors (Lipinski definition) is 0. The van der Waals surface area contributed by atoms with Crippen molar-refractivity contribution in [3.05, 3.63) is 95.1 Å². The van der Waals surface area contributed by atoms with Crippen molar-refractivity contribution in [3.63, 3.8) is 0 Å². The standard InChI is InChI=1S/C38H44O6/c1-3-4-5-6-26-9-13-27(14-10-26)28-15-17-29(18-16-28)30-19-21-32(22-20-30)38(40)44-34-24-42-35-33(23-41-36(34)35)43-37(39)31-11-7-25(2)8-12-31/h7-8,11-12,15-22,26-27,33-36H,3-6,9-10,13-14,23-24H2,1-2H3/t26?,27?,33-,34+,35-,36+/m1/s1. The van der Waals surface area contributed by atoms with Gasteiger partial charge < -0.3 is 18.9 Å². The van der Waals surface area contributed by atoms with Gasteiger partial charge in [-0.3, -0.25) is 0 Å². The smallest absolute Gasteiger partial charge is 0.338 e. The van der Waals surface area contributed by atoms with Gasteiger partial charge in [-0.05, 0) is 85.4 Å². The molecule has 0 amide bonds. The second kappa shape index (κ2) is 14.1. The third-order valence-corrected chi connectivity index (χ3v) is 9.67. The van der Waals surface area contributed by atoms with Crippen LogP contribution in [0.2, 0.25) is 0 Å². The monoisotopic (exact) mass is 596 g/mol. The molecule has 0 bridgehead atoms. The van der Waals surface area contributed by atoms with Crippen LogP contribution >= 0.6 is 0 Å². The van der Waals surface area contributed by atoms with Crippen molar-refractivity contribution in [3.8, 4) is 11.1 Å². The second-order valence-corrected chi connectivity index (χ2v) is 12.8. The van der Waals surface area contributed by atoms with Crippen molar-refractivity contribution in [1.29, 1.82) is 0 Å². The van der Waals surface area contributed by atoms with Gasteiger partial charge in [0.25, 0.3) is 0 Å². The average Bonchev–Trinajstić information content (AvgIpc) is 3.65. The van der Waals surface area contributed by atoms with Crippen molar-refractivity contribution in [1.82, 2.24) is 0 Å². The Hall–Kier alpha value is -3.48. The highest BCUT2D eigenvalue weighted by atomic mass is 16.7. The highest BCUT2D eigenvalue weighted by molar-refractivity contribution is 5.90. The Kier molecular flexibility index (Phi) is 9.78. The molecule has 1 saturated carbocycles. The lowest BCUT2D eigenvalue weighted by Gasteiger charge is -2.29. The highest BCUT2D eigenvalue weighted by Gasteiger charge is 2.51. The Balaban J connectivity index is 0.989. The summed E-state index contributed by atoms with van der Waals surface area (Å²) in [4.78, 5) is 25.6. The molecule has 3 aromatic rings. The van der Waals surface area contributed by atoms with Crippen LogP contribution in [0.3, 0.4) is 0 Å². The minimum Gasteiger partial charge on any atom is -0.453 e. The number of hydrogen-bond acceptors (Lipinski definition) is 6. The molecule has 6 nitrogen and oxygen atoms in total. The Morgan fingerprint density at radius 2 is 1.18 bits per heavy atom. The van der Waals surface area contributed by atoms with E-state index in [-0.39, 0.29) is 13.2 Å². The average molecular weight is 597 g/mol. The summed E-state index contributed by atoms with van der Waals surface area (Å²) in [5.74, 6) is 0.747. The largest absolute Gasteiger partial charge is 0.453 e. The molecule has 3 fully saturated rings. The molecule has 3 aliphatic rings. The van der Waals surface area contributed by atoms with Crippen LogP contribution in [0.15, 0.2) is 72.8 Å². The molecular formula is C38H44O6. The first-order chi connectivity index (χ1) is 21.5. The fraction of sp³-hybridized carbons (Fsp3) is 0.474. The first-order valence-electron chi connectivity index (χ1n) is 16.4. The molecule has 232 valence electrons. The minimum absolute atomic E-state index is 0.199. The molecule has 2 saturated heterocycles. The van der Waals surface area contributed by atoms with Crippen LogP contribution in [0, 0.1) is 12.8 Å². The summed E-state index contributed by atoms with van der Waals surface area (Å²) >= 11 is 0. The van der Waals surface area contributed by atoms with E-state index in [1.54, 1.807) is 24.3 Å². The molecule has 2 aliphatic heterocycles. The van der Waals surface area contributed by atoms with Crippen LogP contribution in [-0.4, -0.2) is 49.6 Å². The molecule has 6 rings (SSSR count). The molecule has 4 atom stereocenters. The number of esters is 2. The maximum atomic E-state index is 13.0. The van der Waals surface area contributed by atoms with Gasteiger partial charge in [-0.2, -0.15) is 0 Å². The second-order valence-electron chi connectivity index (χ2n) is 12.8. The Morgan fingerprint density at radius 1 is 0.682 bits per heavy atom. The number of rotatable bonds is 10. The van der Waals surface area contributed by atoms with Gasteiger partial charge in [0.2, 0.25) is 0 Å². The highest BCUT2D eigenvalue weighted by Crippen LogP contribution is 2.38. The number of carbonyl (C=O) groups excluding carboxylic acids is 2. The van der Waals surface area contributed by atoms with Gasteiger partial charge in [0.1, 0.15) is 12.2 Å². The van der Waals surface area contributed by atoms with E-state index >= 15 is 0 Å². The number of ether oxygens (including phenoxy) is 4. The van der Waals surface area contributed by atoms with Crippen molar-refractivity contribution in [2.45, 2.75) is 95.5 Å². The van der Waals surface area contributed by atoms with Crippen LogP contribution in [0.4, 0.5) is 0 Å². The van der Waals surface area contributed by atoms with Gasteiger partial charge in [-0.15, -0.1) is 0 Å². The first-order valence-corrected chi connectivity index (χ1v) is 16.4. The van der Waals surface area contributed by atoms with E-state index in [9.17, 15) is 9.59 Å². The Labute approximate surface area is 261 Å². The lowest BCUT2D eigenvalue weighted by atomic mass is 9.77. The molecule has 6 heteroatoms. The normalized spacial score (nSPS) is 26.2. The minimum atomic E-state index is -0.561. The fourth-order valence-electron chi connectivity index (χ4n) is 6.95. The quantitative estimate of drug-likeness (QED) is 0.174. The molecule has 0 spiro atoms. The van der Waals surface area contributed by atoms with Gasteiger partial charge in [-0.1, -0.05) is 86.7 Å². The van der Waals surface area contributed by atoms with Crippen LogP contribution in [0.5, 0.6) is 0 Å². The summed E-state index contributed by atoms with van der Waals surface area (Å²) in [6.45, 7) is 4.64. The van der Waals surface area contributed by atoms with Gasteiger partial charge >= 0.3 is 11.9 Å². The zero-order valence-corrected chi connectivity index (χ0v) is 25.9. The lowest BCUT2D eigenvalue weighted by molar-refractivity contribution is -0.0287. The molecule has 1 aliphatic carbocycles. The fourth-order valence-corrected chi connectivity index (χ4v) is 6.95. The number of benzene rings is 3. The van der Waals surface area contributed by atoms with Gasteiger partial charge in [0.05, 0.1) is 24.3 Å². The summed E-state index contributed by atoms with van der Waals surface area (Å²) in [5, 5.41) is 0. The number of unbranched alkanes of at least 4 members (excludes halogenated alkanes) is 2. The number of fused-ring (bicyclic) bond motifs is 1. The molecule has 0 radical (unpaired) electrons. The van der Waals surface area contributed by atoms with Crippen molar-refractivity contribution >= 4 is 11.9 Å². The van der Waals surface area contributed by atoms with Crippen LogP contribution in [-0.2, 0) is 18.9 Å². The zero-order chi connectivity index (χ0) is 30.5. The third kappa shape index (κ3) is 7.08. The molecule has 44 heavy (non-hydrogen) atoms. The van der Waals surface area contributed by atoms with Gasteiger partial charge in [-0.25, -0.2) is 9.59 Å². The summed E-state index contributed by atoms with van der Waals surface area (Å²) in [6, 6.07) is 23.7. The molecule has 0 N–H and O–H groups in total. The predicted molar refractivity (Wildman–Crippen MR) is 170 cm³/mol. The summed E-state index contributed by atoms with van der Waals surface area (Å²) in [5.41, 5.74) is 5.67. The van der Waals surface area contributed by atoms with E-state index in [0.717, 1.165) is 22.6 Å². The number of carbonyl (C=O) groups is 2. The zero-order valence-electron chi connectivity index (χ0n) is 25.9. The van der Waals surface area contributed by atoms with Crippen molar-refractivity contribution < 1.29 is 28.5 Å². The SMILES string of the molecule is CCCCCC1CCC(c2ccc(-c3ccc(C(=O)O[C@H]4CO[C@H]5[C@H]4OC[C@H]5OC(=O)c4ccc(C)cc4)cc3)cc2)CC1. The predicted octanol–water partition coefficient (Wildman–Crippen LogP) is 8.06. The molecule has 0 unspecified atom stereocenters. The summed E-state index contributed by atoms with van der Waals surface area (Å²) in [7, 11) is 0. The molecule has 2 heterocycles. The molecule has 0 aromatic heterocycles. The topological polar surface area (TPSA) is 71.1 Å². The van der Waals surface area contributed by atoms with E-state index in [0.29, 0.717) is 17.0 Å². The first kappa shape index (κ1) is 30.5. The van der Waals surface area contributed by atoms with E-state index in [4.69, 9.17) is 18.9 Å². The van der Waals surface area contributed by atoms with Crippen molar-refractivity contribution in [2.75, 3.05) is 13.2 Å². The maximum Gasteiger partial charge on any atom is 0.338 e. The van der Waals surface area contributed by atoms with Crippen LogP contribution in [0.1, 0.15) is 96.1 Å². The third-order valence-electron chi connectivity index (χ3n) is 9.67. The van der Waals surface area contributed by atoms with E-state index < -0.39 is 36.4 Å². The van der Waals surface area contributed by atoms with E-state index in [1.165, 1.54) is 56.9 Å². The molecular weight excluding hydrogens is 552 g/mol. The number of aryl methyl sites for hydroxylation is 1.